The maximum absolute atomic E-state index is 13.6. The van der Waals surface area contributed by atoms with Crippen LogP contribution in [0.2, 0.25) is 0 Å². The molecule has 0 atom stereocenters. The first kappa shape index (κ1) is 18.0. The Morgan fingerprint density at radius 2 is 1.80 bits per heavy atom. The monoisotopic (exact) mass is 382 g/mol. The molecule has 1 saturated heterocycles. The van der Waals surface area contributed by atoms with Gasteiger partial charge in [0, 0.05) is 18.5 Å². The van der Waals surface area contributed by atoms with Crippen LogP contribution >= 0.6 is 11.3 Å². The molecule has 1 fully saturated rings. The standard InChI is InChI=1S/C17H19FN2O3S2/c18-14-7-3-4-8-15(14)19-17(21)16-11-13(12-24-16)25(22,23)20-9-5-1-2-6-10-20/h3-4,7-8,11-12H,1-2,5-6,9-10H2,(H,19,21). The molecule has 0 spiro atoms. The van der Waals surface area contributed by atoms with Gasteiger partial charge in [-0.1, -0.05) is 25.0 Å². The van der Waals surface area contributed by atoms with Gasteiger partial charge >= 0.3 is 0 Å². The third-order valence-corrected chi connectivity index (χ3v) is 7.08. The quantitative estimate of drug-likeness (QED) is 0.877. The van der Waals surface area contributed by atoms with Crippen molar-refractivity contribution in [1.82, 2.24) is 4.31 Å². The number of thiophene rings is 1. The summed E-state index contributed by atoms with van der Waals surface area (Å²) in [5.74, 6) is -1.06. The summed E-state index contributed by atoms with van der Waals surface area (Å²) in [5.41, 5.74) is 0.0674. The lowest BCUT2D eigenvalue weighted by atomic mass is 10.2. The number of benzene rings is 1. The Bertz CT molecular complexity index is 856. The second-order valence-electron chi connectivity index (χ2n) is 5.90. The molecule has 3 rings (SSSR count). The van der Waals surface area contributed by atoms with E-state index in [2.05, 4.69) is 5.32 Å². The van der Waals surface area contributed by atoms with Gasteiger partial charge < -0.3 is 5.32 Å². The smallest absolute Gasteiger partial charge is 0.265 e. The van der Waals surface area contributed by atoms with Crippen LogP contribution in [0.15, 0.2) is 40.6 Å². The van der Waals surface area contributed by atoms with E-state index in [1.807, 2.05) is 0 Å². The van der Waals surface area contributed by atoms with Crippen molar-refractivity contribution in [3.05, 3.63) is 46.4 Å². The molecule has 0 saturated carbocycles. The lowest BCUT2D eigenvalue weighted by Gasteiger charge is -2.18. The third kappa shape index (κ3) is 4.08. The van der Waals surface area contributed by atoms with Crippen LogP contribution in [0.3, 0.4) is 0 Å². The van der Waals surface area contributed by atoms with E-state index in [0.29, 0.717) is 13.1 Å². The summed E-state index contributed by atoms with van der Waals surface area (Å²) in [7, 11) is -3.59. The summed E-state index contributed by atoms with van der Waals surface area (Å²) in [6, 6.07) is 7.21. The number of hydrogen-bond acceptors (Lipinski definition) is 4. The zero-order valence-electron chi connectivity index (χ0n) is 13.6. The molecule has 2 heterocycles. The van der Waals surface area contributed by atoms with E-state index in [1.54, 1.807) is 6.07 Å². The van der Waals surface area contributed by atoms with Crippen molar-refractivity contribution in [3.63, 3.8) is 0 Å². The summed E-state index contributed by atoms with van der Waals surface area (Å²) in [6.07, 6.45) is 3.77. The van der Waals surface area contributed by atoms with E-state index in [4.69, 9.17) is 0 Å². The number of halogens is 1. The fourth-order valence-electron chi connectivity index (χ4n) is 2.75. The lowest BCUT2D eigenvalue weighted by Crippen LogP contribution is -2.31. The highest BCUT2D eigenvalue weighted by molar-refractivity contribution is 7.89. The van der Waals surface area contributed by atoms with Crippen molar-refractivity contribution < 1.29 is 17.6 Å². The summed E-state index contributed by atoms with van der Waals surface area (Å²) in [5, 5.41) is 3.94. The van der Waals surface area contributed by atoms with Gasteiger partial charge in [0.15, 0.2) is 0 Å². The molecule has 1 amide bonds. The molecule has 2 aromatic rings. The number of rotatable bonds is 4. The Morgan fingerprint density at radius 1 is 1.12 bits per heavy atom. The summed E-state index contributed by atoms with van der Waals surface area (Å²) >= 11 is 1.04. The van der Waals surface area contributed by atoms with Gasteiger partial charge in [-0.05, 0) is 31.0 Å². The molecule has 5 nitrogen and oxygen atoms in total. The minimum absolute atomic E-state index is 0.0674. The molecule has 134 valence electrons. The van der Waals surface area contributed by atoms with Crippen LogP contribution in [0.4, 0.5) is 10.1 Å². The maximum Gasteiger partial charge on any atom is 0.265 e. The van der Waals surface area contributed by atoms with Crippen molar-refractivity contribution >= 4 is 33.0 Å². The second-order valence-corrected chi connectivity index (χ2v) is 8.75. The molecule has 25 heavy (non-hydrogen) atoms. The number of carbonyl (C=O) groups excluding carboxylic acids is 1. The number of anilines is 1. The van der Waals surface area contributed by atoms with E-state index in [1.165, 1.54) is 34.0 Å². The number of nitrogens with zero attached hydrogens (tertiary/aromatic N) is 1. The van der Waals surface area contributed by atoms with Gasteiger partial charge in [-0.2, -0.15) is 4.31 Å². The number of carbonyl (C=O) groups is 1. The number of para-hydroxylation sites is 1. The highest BCUT2D eigenvalue weighted by Gasteiger charge is 2.27. The molecule has 0 radical (unpaired) electrons. The zero-order chi connectivity index (χ0) is 17.9. The Labute approximate surface area is 150 Å². The number of sulfonamides is 1. The molecule has 1 aliphatic rings. The van der Waals surface area contributed by atoms with E-state index < -0.39 is 21.7 Å². The topological polar surface area (TPSA) is 66.5 Å². The summed E-state index contributed by atoms with van der Waals surface area (Å²) < 4.78 is 40.6. The Kier molecular flexibility index (Phi) is 5.51. The van der Waals surface area contributed by atoms with Gasteiger partial charge in [-0.3, -0.25) is 4.79 Å². The second kappa shape index (κ2) is 7.63. The van der Waals surface area contributed by atoms with Crippen LogP contribution in [-0.4, -0.2) is 31.7 Å². The van der Waals surface area contributed by atoms with E-state index in [9.17, 15) is 17.6 Å². The van der Waals surface area contributed by atoms with Crippen LogP contribution in [-0.2, 0) is 10.0 Å². The molecule has 1 aliphatic heterocycles. The van der Waals surface area contributed by atoms with Gasteiger partial charge in [0.05, 0.1) is 15.5 Å². The Morgan fingerprint density at radius 3 is 2.48 bits per heavy atom. The largest absolute Gasteiger partial charge is 0.319 e. The van der Waals surface area contributed by atoms with Gasteiger partial charge in [-0.25, -0.2) is 12.8 Å². The van der Waals surface area contributed by atoms with Crippen molar-refractivity contribution in [1.29, 1.82) is 0 Å². The highest BCUT2D eigenvalue weighted by atomic mass is 32.2. The van der Waals surface area contributed by atoms with Crippen LogP contribution in [0.25, 0.3) is 0 Å². The van der Waals surface area contributed by atoms with Crippen LogP contribution < -0.4 is 5.32 Å². The summed E-state index contributed by atoms with van der Waals surface area (Å²) in [4.78, 5) is 12.6. The molecule has 0 bridgehead atoms. The van der Waals surface area contributed by atoms with Crippen LogP contribution in [0.5, 0.6) is 0 Å². The first-order valence-corrected chi connectivity index (χ1v) is 10.4. The molecule has 1 aromatic heterocycles. The molecule has 0 aliphatic carbocycles. The SMILES string of the molecule is O=C(Nc1ccccc1F)c1cc(S(=O)(=O)N2CCCCCC2)cs1. The van der Waals surface area contributed by atoms with E-state index >= 15 is 0 Å². The summed E-state index contributed by atoms with van der Waals surface area (Å²) in [6.45, 7) is 1.02. The first-order valence-electron chi connectivity index (χ1n) is 8.13. The molecular formula is C17H19FN2O3S2. The van der Waals surface area contributed by atoms with E-state index in [-0.39, 0.29) is 15.5 Å². The Hall–Kier alpha value is -1.77. The maximum atomic E-state index is 13.6. The van der Waals surface area contributed by atoms with Gasteiger partial charge in [0.25, 0.3) is 5.91 Å². The van der Waals surface area contributed by atoms with Crippen molar-refractivity contribution in [2.24, 2.45) is 0 Å². The van der Waals surface area contributed by atoms with Crippen LogP contribution in [0.1, 0.15) is 35.4 Å². The number of hydrogen-bond donors (Lipinski definition) is 1. The van der Waals surface area contributed by atoms with Crippen molar-refractivity contribution in [2.75, 3.05) is 18.4 Å². The highest BCUT2D eigenvalue weighted by Crippen LogP contribution is 2.26. The fraction of sp³-hybridized carbons (Fsp3) is 0.353. The zero-order valence-corrected chi connectivity index (χ0v) is 15.2. The predicted octanol–water partition coefficient (Wildman–Crippen LogP) is 3.70. The van der Waals surface area contributed by atoms with Gasteiger partial charge in [-0.15, -0.1) is 11.3 Å². The fourth-order valence-corrected chi connectivity index (χ4v) is 5.42. The molecule has 1 aromatic carbocycles. The number of amides is 1. The van der Waals surface area contributed by atoms with Gasteiger partial charge in [0.1, 0.15) is 5.82 Å². The lowest BCUT2D eigenvalue weighted by molar-refractivity contribution is 0.103. The minimum atomic E-state index is -3.59. The number of nitrogens with one attached hydrogen (secondary N) is 1. The first-order chi connectivity index (χ1) is 12.0. The molecule has 1 N–H and O–H groups in total. The average Bonchev–Trinajstić information content (AvgIpc) is 2.93. The normalized spacial score (nSPS) is 16.4. The molecular weight excluding hydrogens is 363 g/mol. The molecule has 0 unspecified atom stereocenters. The van der Waals surface area contributed by atoms with Crippen LogP contribution in [0, 0.1) is 5.82 Å². The minimum Gasteiger partial charge on any atom is -0.319 e. The predicted molar refractivity (Wildman–Crippen MR) is 95.9 cm³/mol. The van der Waals surface area contributed by atoms with Gasteiger partial charge in [0.2, 0.25) is 10.0 Å². The third-order valence-electron chi connectivity index (χ3n) is 4.12. The van der Waals surface area contributed by atoms with Crippen molar-refractivity contribution in [3.8, 4) is 0 Å². The average molecular weight is 382 g/mol. The van der Waals surface area contributed by atoms with Crippen molar-refractivity contribution in [2.45, 2.75) is 30.6 Å². The molecule has 8 heteroatoms. The Balaban J connectivity index is 1.77. The van der Waals surface area contributed by atoms with E-state index in [0.717, 1.165) is 37.0 Å².